The van der Waals surface area contributed by atoms with Gasteiger partial charge in [-0.3, -0.25) is 24.0 Å². The molecule has 11 nitrogen and oxygen atoms in total. The lowest BCUT2D eigenvalue weighted by atomic mass is 9.80. The molecule has 12 heteroatoms. The fourth-order valence-electron chi connectivity index (χ4n) is 4.54. The van der Waals surface area contributed by atoms with Crippen LogP contribution in [0.1, 0.15) is 73.1 Å². The fourth-order valence-corrected chi connectivity index (χ4v) is 4.54. The van der Waals surface area contributed by atoms with Crippen LogP contribution in [0.4, 0.5) is 4.39 Å². The second-order valence-electron chi connectivity index (χ2n) is 11.2. The van der Waals surface area contributed by atoms with E-state index in [9.17, 15) is 28.4 Å². The predicted octanol–water partition coefficient (Wildman–Crippen LogP) is 0.141. The summed E-state index contributed by atoms with van der Waals surface area (Å²) in [5.74, 6) is -2.43. The third-order valence-electron chi connectivity index (χ3n) is 6.62. The van der Waals surface area contributed by atoms with Gasteiger partial charge < -0.3 is 31.7 Å². The number of hydrogen-bond acceptors (Lipinski definition) is 7. The van der Waals surface area contributed by atoms with E-state index in [1.165, 1.54) is 13.8 Å². The van der Waals surface area contributed by atoms with Gasteiger partial charge in [-0.05, 0) is 44.6 Å². The van der Waals surface area contributed by atoms with Gasteiger partial charge in [-0.25, -0.2) is 4.39 Å². The Balaban J connectivity index is 0.000000649. The van der Waals surface area contributed by atoms with Crippen molar-refractivity contribution >= 4 is 29.4 Å². The molecule has 3 unspecified atom stereocenters. The van der Waals surface area contributed by atoms with Crippen LogP contribution in [0.2, 0.25) is 0 Å². The molecule has 4 amide bonds. The molecule has 0 bridgehead atoms. The third-order valence-corrected chi connectivity index (χ3v) is 6.62. The summed E-state index contributed by atoms with van der Waals surface area (Å²) in [7, 11) is 1.74. The SMILES string of the molecule is CC(=O)NC(C)(O)CF.CNC(C(=O)N1CCC[C@H]1C(=O)NC(CC1CCC1)C(=O)C(N)=O)C(C)(C)C. The number of alkyl halides is 1. The maximum absolute atomic E-state index is 13.0. The van der Waals surface area contributed by atoms with Crippen molar-refractivity contribution in [1.29, 1.82) is 0 Å². The number of carbonyl (C=O) groups is 5. The summed E-state index contributed by atoms with van der Waals surface area (Å²) in [6.45, 7) is 7.83. The van der Waals surface area contributed by atoms with Crippen LogP contribution in [0.3, 0.4) is 0 Å². The summed E-state index contributed by atoms with van der Waals surface area (Å²) in [6, 6.07) is -1.95. The zero-order chi connectivity index (χ0) is 28.6. The number of rotatable bonds is 10. The predicted molar refractivity (Wildman–Crippen MR) is 136 cm³/mol. The largest absolute Gasteiger partial charge is 0.369 e. The van der Waals surface area contributed by atoms with Crippen LogP contribution in [-0.4, -0.2) is 83.5 Å². The Morgan fingerprint density at radius 2 is 1.68 bits per heavy atom. The molecule has 0 spiro atoms. The molecule has 1 saturated carbocycles. The molecule has 37 heavy (non-hydrogen) atoms. The number of nitrogens with zero attached hydrogens (tertiary/aromatic N) is 1. The highest BCUT2D eigenvalue weighted by Gasteiger charge is 2.41. The Bertz CT molecular complexity index is 840. The zero-order valence-electron chi connectivity index (χ0n) is 22.9. The number of ketones is 1. The zero-order valence-corrected chi connectivity index (χ0v) is 22.9. The molecule has 0 aromatic carbocycles. The normalized spacial score (nSPS) is 20.9. The van der Waals surface area contributed by atoms with Gasteiger partial charge in [-0.1, -0.05) is 40.0 Å². The van der Waals surface area contributed by atoms with Gasteiger partial charge in [-0.15, -0.1) is 0 Å². The van der Waals surface area contributed by atoms with Crippen LogP contribution in [-0.2, 0) is 24.0 Å². The number of halogens is 1. The topological polar surface area (TPSA) is 171 Å². The minimum Gasteiger partial charge on any atom is -0.369 e. The van der Waals surface area contributed by atoms with Crippen molar-refractivity contribution in [3.05, 3.63) is 0 Å². The van der Waals surface area contributed by atoms with Crippen molar-refractivity contribution in [3.8, 4) is 0 Å². The second kappa shape index (κ2) is 13.8. The van der Waals surface area contributed by atoms with E-state index in [0.717, 1.165) is 25.7 Å². The summed E-state index contributed by atoms with van der Waals surface area (Å²) < 4.78 is 11.7. The molecule has 0 aromatic heterocycles. The standard InChI is InChI=1S/C20H34N4O4.C5H10FNO2/c1-20(2,3)16(22-4)19(28)24-10-6-9-14(24)18(27)23-13(15(25)17(21)26)11-12-7-5-8-12;1-4(8)7-5(2,9)3-6/h12-14,16,22H,5-11H2,1-4H3,(H2,21,26)(H,23,27);9H,3H2,1-2H3,(H,7,8)/t13?,14-,16?;/m0./s1. The van der Waals surface area contributed by atoms with E-state index >= 15 is 0 Å². The second-order valence-corrected chi connectivity index (χ2v) is 11.2. The van der Waals surface area contributed by atoms with Gasteiger partial charge >= 0.3 is 0 Å². The monoisotopic (exact) mass is 529 g/mol. The quantitative estimate of drug-likeness (QED) is 0.198. The highest BCUT2D eigenvalue weighted by atomic mass is 19.1. The van der Waals surface area contributed by atoms with Gasteiger partial charge in [-0.2, -0.15) is 0 Å². The molecule has 2 aliphatic rings. The first-order chi connectivity index (χ1) is 17.0. The summed E-state index contributed by atoms with van der Waals surface area (Å²) in [5.41, 5.74) is 3.17. The van der Waals surface area contributed by atoms with Crippen molar-refractivity contribution in [2.45, 2.75) is 97.0 Å². The molecule has 4 atom stereocenters. The Morgan fingerprint density at radius 3 is 2.05 bits per heavy atom. The van der Waals surface area contributed by atoms with Gasteiger partial charge in [0, 0.05) is 13.5 Å². The molecule has 2 rings (SSSR count). The molecule has 2 fully saturated rings. The minimum absolute atomic E-state index is 0.121. The van der Waals surface area contributed by atoms with Crippen molar-refractivity contribution in [2.75, 3.05) is 20.3 Å². The average Bonchev–Trinajstić information content (AvgIpc) is 3.23. The molecule has 0 radical (unpaired) electrons. The number of likely N-dealkylation sites (tertiary alicyclic amines) is 1. The Hall–Kier alpha value is -2.60. The first kappa shape index (κ1) is 32.4. The van der Waals surface area contributed by atoms with Crippen LogP contribution < -0.4 is 21.7 Å². The average molecular weight is 530 g/mol. The van der Waals surface area contributed by atoms with Crippen molar-refractivity contribution in [1.82, 2.24) is 20.9 Å². The van der Waals surface area contributed by atoms with Crippen LogP contribution in [0.15, 0.2) is 0 Å². The third kappa shape index (κ3) is 9.99. The Labute approximate surface area is 218 Å². The van der Waals surface area contributed by atoms with Crippen LogP contribution in [0.25, 0.3) is 0 Å². The number of carbonyl (C=O) groups excluding carboxylic acids is 5. The lowest BCUT2D eigenvalue weighted by Gasteiger charge is -2.35. The van der Waals surface area contributed by atoms with Crippen molar-refractivity contribution in [3.63, 3.8) is 0 Å². The van der Waals surface area contributed by atoms with E-state index in [4.69, 9.17) is 10.8 Å². The lowest BCUT2D eigenvalue weighted by Crippen LogP contribution is -2.57. The molecule has 1 aliphatic heterocycles. The molecule has 0 aromatic rings. The number of Topliss-reactive ketones (excluding diaryl/α,β-unsaturated/α-hetero) is 1. The number of nitrogens with two attached hydrogens (primary N) is 1. The van der Waals surface area contributed by atoms with Crippen molar-refractivity contribution < 1.29 is 33.5 Å². The van der Waals surface area contributed by atoms with Crippen molar-refractivity contribution in [2.24, 2.45) is 17.1 Å². The number of likely N-dealkylation sites (N-methyl/N-ethyl adjacent to an activating group) is 1. The first-order valence-corrected chi connectivity index (χ1v) is 12.7. The Kier molecular flexibility index (Phi) is 12.1. The smallest absolute Gasteiger partial charge is 0.287 e. The number of amides is 4. The first-order valence-electron chi connectivity index (χ1n) is 12.7. The summed E-state index contributed by atoms with van der Waals surface area (Å²) >= 11 is 0. The van der Waals surface area contributed by atoms with E-state index in [1.807, 2.05) is 26.1 Å². The van der Waals surface area contributed by atoms with E-state index < -0.39 is 48.1 Å². The number of nitrogens with one attached hydrogen (secondary N) is 3. The summed E-state index contributed by atoms with van der Waals surface area (Å²) in [4.78, 5) is 61.3. The number of primary amides is 1. The molecular weight excluding hydrogens is 485 g/mol. The summed E-state index contributed by atoms with van der Waals surface area (Å²) in [5, 5.41) is 16.6. The molecule has 6 N–H and O–H groups in total. The van der Waals surface area contributed by atoms with E-state index in [-0.39, 0.29) is 17.2 Å². The lowest BCUT2D eigenvalue weighted by molar-refractivity contribution is -0.143. The molecule has 1 heterocycles. The molecule has 1 saturated heterocycles. The van der Waals surface area contributed by atoms with Gasteiger partial charge in [0.05, 0.1) is 12.1 Å². The number of hydrogen-bond donors (Lipinski definition) is 5. The molecular formula is C25H44FN5O6. The molecule has 1 aliphatic carbocycles. The van der Waals surface area contributed by atoms with Gasteiger partial charge in [0.25, 0.3) is 5.91 Å². The van der Waals surface area contributed by atoms with Crippen LogP contribution >= 0.6 is 0 Å². The van der Waals surface area contributed by atoms with Crippen LogP contribution in [0.5, 0.6) is 0 Å². The summed E-state index contributed by atoms with van der Waals surface area (Å²) in [6.07, 6.45) is 4.76. The van der Waals surface area contributed by atoms with E-state index in [0.29, 0.717) is 25.3 Å². The minimum atomic E-state index is -1.70. The maximum Gasteiger partial charge on any atom is 0.287 e. The van der Waals surface area contributed by atoms with Gasteiger partial charge in [0.1, 0.15) is 12.7 Å². The highest BCUT2D eigenvalue weighted by Crippen LogP contribution is 2.31. The fraction of sp³-hybridized carbons (Fsp3) is 0.800. The van der Waals surface area contributed by atoms with E-state index in [2.05, 4.69) is 10.6 Å². The maximum atomic E-state index is 13.0. The molecule has 212 valence electrons. The number of aliphatic hydroxyl groups is 1. The van der Waals surface area contributed by atoms with Crippen LogP contribution in [0, 0.1) is 11.3 Å². The van der Waals surface area contributed by atoms with E-state index in [1.54, 1.807) is 11.9 Å². The highest BCUT2D eigenvalue weighted by molar-refractivity contribution is 6.37. The van der Waals surface area contributed by atoms with Gasteiger partial charge in [0.2, 0.25) is 23.5 Å². The Morgan fingerprint density at radius 1 is 1.08 bits per heavy atom. The van der Waals surface area contributed by atoms with Gasteiger partial charge in [0.15, 0.2) is 5.72 Å².